The first-order valence-corrected chi connectivity index (χ1v) is 21.5. The Bertz CT molecular complexity index is 2410. The zero-order chi connectivity index (χ0) is 39.3. The van der Waals surface area contributed by atoms with E-state index in [0.717, 1.165) is 0 Å². The monoisotopic (exact) mass is 785 g/mol. The first kappa shape index (κ1) is 38.6. The smallest absolute Gasteiger partial charge is 0.325 e. The van der Waals surface area contributed by atoms with Crippen LogP contribution < -0.4 is 35.8 Å². The standard InChI is InChI=1S/C23H20FN2O2P.C22H19FNO2P/c1-17-16-23(25-2,21-15-18(24)13-14-22(21)28-17)26-29(27,19-9-5-3-6-10-19)20-11-7-4-8-12-20;1-16-14-21(20-15-17(23)12-13-22(20)26-16)24-27(25,18-8-4-2-5-9-18)19-10-6-3-7-11-19/h3-15,17H,16H2,1H3,(H,26,27);2-13,15-16H,14H2,1H3/t17-,23+;16-/m11/s1. The zero-order valence-electron chi connectivity index (χ0n) is 30.8. The van der Waals surface area contributed by atoms with Gasteiger partial charge in [-0.05, 0) is 98.8 Å². The molecule has 7 nitrogen and oxygen atoms in total. The van der Waals surface area contributed by atoms with Crippen molar-refractivity contribution in [3.05, 3.63) is 192 Å². The van der Waals surface area contributed by atoms with Gasteiger partial charge in [-0.1, -0.05) is 72.8 Å². The largest absolute Gasteiger partial charge is 0.490 e. The SMILES string of the molecule is C[C@@H]1CC(=NP(=O)(c2ccccc2)c2ccccc2)c2cc(F)ccc2O1.[C-]#[N+][C@]1(NP(=O)(c2ccccc2)c2ccccc2)C[C@@H](C)Oc2ccc(F)cc21. The number of hydrogen-bond acceptors (Lipinski definition) is 4. The molecular formula is C45H39F2N3O4P2. The molecule has 3 atom stereocenters. The van der Waals surface area contributed by atoms with E-state index in [9.17, 15) is 17.9 Å². The Kier molecular flexibility index (Phi) is 11.2. The highest BCUT2D eigenvalue weighted by Crippen LogP contribution is 2.50. The summed E-state index contributed by atoms with van der Waals surface area (Å²) >= 11 is 0. The summed E-state index contributed by atoms with van der Waals surface area (Å²) in [4.78, 5) is 3.87. The van der Waals surface area contributed by atoms with Crippen LogP contribution in [0.3, 0.4) is 0 Å². The Labute approximate surface area is 325 Å². The summed E-state index contributed by atoms with van der Waals surface area (Å²) in [6.07, 6.45) is 0.299. The van der Waals surface area contributed by atoms with Gasteiger partial charge in [-0.3, -0.25) is 14.0 Å². The van der Waals surface area contributed by atoms with Crippen LogP contribution in [0.25, 0.3) is 4.85 Å². The normalized spacial score (nSPS) is 19.5. The number of rotatable bonds is 7. The first-order valence-electron chi connectivity index (χ1n) is 18.2. The second-order valence-corrected chi connectivity index (χ2v) is 18.6. The summed E-state index contributed by atoms with van der Waals surface area (Å²) in [7, 11) is -6.69. The van der Waals surface area contributed by atoms with Gasteiger partial charge in [-0.2, -0.15) is 5.09 Å². The molecule has 0 spiro atoms. The van der Waals surface area contributed by atoms with Gasteiger partial charge in [0.1, 0.15) is 35.3 Å². The van der Waals surface area contributed by atoms with E-state index in [1.807, 2.05) is 111 Å². The van der Waals surface area contributed by atoms with Gasteiger partial charge in [0.15, 0.2) is 0 Å². The van der Waals surface area contributed by atoms with E-state index < -0.39 is 26.1 Å². The van der Waals surface area contributed by atoms with E-state index in [4.69, 9.17) is 20.8 Å². The van der Waals surface area contributed by atoms with Crippen molar-refractivity contribution < 1.29 is 27.4 Å². The van der Waals surface area contributed by atoms with Crippen molar-refractivity contribution in [1.82, 2.24) is 5.09 Å². The molecule has 2 aliphatic heterocycles. The first-order chi connectivity index (χ1) is 27.0. The fourth-order valence-corrected chi connectivity index (χ4v) is 11.8. The van der Waals surface area contributed by atoms with Crippen molar-refractivity contribution in [1.29, 1.82) is 0 Å². The number of fused-ring (bicyclic) bond motifs is 2. The number of hydrogen-bond donors (Lipinski definition) is 1. The molecular weight excluding hydrogens is 746 g/mol. The second-order valence-electron chi connectivity index (χ2n) is 13.7. The maximum Gasteiger partial charge on any atom is 0.325 e. The highest BCUT2D eigenvalue weighted by molar-refractivity contribution is 7.77. The molecule has 8 rings (SSSR count). The molecule has 2 heterocycles. The third kappa shape index (κ3) is 7.88. The molecule has 56 heavy (non-hydrogen) atoms. The number of nitrogens with one attached hydrogen (secondary N) is 1. The lowest BCUT2D eigenvalue weighted by molar-refractivity contribution is 0.148. The molecule has 11 heteroatoms. The van der Waals surface area contributed by atoms with Crippen LogP contribution in [0.5, 0.6) is 11.5 Å². The minimum absolute atomic E-state index is 0.123. The molecule has 0 aromatic heterocycles. The van der Waals surface area contributed by atoms with E-state index >= 15 is 0 Å². The fraction of sp³-hybridized carbons (Fsp3) is 0.156. The molecule has 1 N–H and O–H groups in total. The Morgan fingerprint density at radius 2 is 1.12 bits per heavy atom. The molecule has 0 saturated carbocycles. The number of nitrogens with zero attached hydrogens (tertiary/aromatic N) is 2. The number of halogens is 2. The van der Waals surface area contributed by atoms with Gasteiger partial charge in [0.2, 0.25) is 14.6 Å². The van der Waals surface area contributed by atoms with E-state index in [1.165, 1.54) is 30.3 Å². The summed E-state index contributed by atoms with van der Waals surface area (Å²) in [5.74, 6) is 0.169. The second kappa shape index (κ2) is 16.2. The van der Waals surface area contributed by atoms with Crippen LogP contribution in [0.15, 0.2) is 162 Å². The Morgan fingerprint density at radius 3 is 1.64 bits per heavy atom. The molecule has 6 aromatic rings. The predicted octanol–water partition coefficient (Wildman–Crippen LogP) is 9.30. The maximum atomic E-state index is 14.5. The van der Waals surface area contributed by atoms with Crippen molar-refractivity contribution in [3.63, 3.8) is 0 Å². The highest BCUT2D eigenvalue weighted by Gasteiger charge is 2.52. The van der Waals surface area contributed by atoms with Crippen LogP contribution in [0, 0.1) is 18.2 Å². The van der Waals surface area contributed by atoms with E-state index in [0.29, 0.717) is 56.0 Å². The lowest BCUT2D eigenvalue weighted by Gasteiger charge is -2.35. The molecule has 2 aliphatic rings. The Morgan fingerprint density at radius 1 is 0.661 bits per heavy atom. The van der Waals surface area contributed by atoms with Crippen molar-refractivity contribution in [3.8, 4) is 11.5 Å². The van der Waals surface area contributed by atoms with Gasteiger partial charge in [0.05, 0.1) is 17.7 Å². The third-order valence-corrected chi connectivity index (χ3v) is 14.9. The lowest BCUT2D eigenvalue weighted by Crippen LogP contribution is -2.47. The van der Waals surface area contributed by atoms with Gasteiger partial charge >= 0.3 is 5.66 Å². The Hall–Kier alpha value is -5.64. The molecule has 0 unspecified atom stereocenters. The van der Waals surface area contributed by atoms with Crippen molar-refractivity contribution >= 4 is 41.5 Å². The quantitative estimate of drug-likeness (QED) is 0.129. The van der Waals surface area contributed by atoms with Crippen LogP contribution >= 0.6 is 14.6 Å². The Balaban J connectivity index is 0.000000172. The topological polar surface area (TPSA) is 81.4 Å². The van der Waals surface area contributed by atoms with Gasteiger partial charge in [0.25, 0.3) is 0 Å². The van der Waals surface area contributed by atoms with Crippen molar-refractivity contribution in [2.45, 2.75) is 44.6 Å². The van der Waals surface area contributed by atoms with Crippen molar-refractivity contribution in [2.75, 3.05) is 0 Å². The zero-order valence-corrected chi connectivity index (χ0v) is 32.5. The molecule has 0 radical (unpaired) electrons. The highest BCUT2D eigenvalue weighted by atomic mass is 31.2. The predicted molar refractivity (Wildman–Crippen MR) is 220 cm³/mol. The third-order valence-electron chi connectivity index (χ3n) is 9.61. The summed E-state index contributed by atoms with van der Waals surface area (Å²) in [5.41, 5.74) is 0.174. The van der Waals surface area contributed by atoms with Gasteiger partial charge in [-0.15, -0.1) is 0 Å². The summed E-state index contributed by atoms with van der Waals surface area (Å²) < 4.78 is 73.0. The fourth-order valence-electron chi connectivity index (χ4n) is 7.02. The van der Waals surface area contributed by atoms with Crippen LogP contribution in [0.2, 0.25) is 0 Å². The molecule has 0 fully saturated rings. The van der Waals surface area contributed by atoms with E-state index in [2.05, 4.69) is 9.93 Å². The average Bonchev–Trinajstić information content (AvgIpc) is 3.22. The summed E-state index contributed by atoms with van der Waals surface area (Å²) in [5, 5.41) is 5.68. The van der Waals surface area contributed by atoms with E-state index in [-0.39, 0.29) is 24.4 Å². The van der Waals surface area contributed by atoms with Crippen LogP contribution in [0.4, 0.5) is 8.78 Å². The lowest BCUT2D eigenvalue weighted by atomic mass is 9.91. The van der Waals surface area contributed by atoms with Crippen LogP contribution in [-0.4, -0.2) is 17.9 Å². The molecule has 282 valence electrons. The van der Waals surface area contributed by atoms with Gasteiger partial charge < -0.3 is 9.47 Å². The molecule has 0 amide bonds. The van der Waals surface area contributed by atoms with Crippen molar-refractivity contribution in [2.24, 2.45) is 4.76 Å². The minimum Gasteiger partial charge on any atom is -0.490 e. The molecule has 0 bridgehead atoms. The van der Waals surface area contributed by atoms with E-state index in [1.54, 1.807) is 30.3 Å². The number of ether oxygens (including phenoxy) is 2. The molecule has 0 saturated heterocycles. The number of benzene rings is 6. The van der Waals surface area contributed by atoms with Gasteiger partial charge in [0, 0.05) is 33.2 Å². The summed E-state index contributed by atoms with van der Waals surface area (Å²) in [6.45, 7) is 11.8. The molecule has 6 aromatic carbocycles. The average molecular weight is 786 g/mol. The summed E-state index contributed by atoms with van der Waals surface area (Å²) in [6, 6.07) is 45.1. The van der Waals surface area contributed by atoms with Crippen LogP contribution in [-0.2, 0) is 14.8 Å². The molecule has 0 aliphatic carbocycles. The van der Waals surface area contributed by atoms with Crippen LogP contribution in [0.1, 0.15) is 37.8 Å². The minimum atomic E-state index is -3.41. The maximum absolute atomic E-state index is 14.5. The van der Waals surface area contributed by atoms with Gasteiger partial charge in [-0.25, -0.2) is 20.1 Å².